The van der Waals surface area contributed by atoms with E-state index in [2.05, 4.69) is 9.46 Å². The van der Waals surface area contributed by atoms with Crippen molar-refractivity contribution in [3.05, 3.63) is 24.3 Å². The van der Waals surface area contributed by atoms with Gasteiger partial charge in [-0.05, 0) is 19.1 Å². The number of ether oxygens (including phenoxy) is 3. The molecule has 1 aromatic carbocycles. The lowest BCUT2D eigenvalue weighted by Gasteiger charge is -2.22. The van der Waals surface area contributed by atoms with Gasteiger partial charge in [0.1, 0.15) is 10.6 Å². The number of halogens is 3. The van der Waals surface area contributed by atoms with E-state index >= 15 is 0 Å². The van der Waals surface area contributed by atoms with Crippen LogP contribution in [-0.4, -0.2) is 41.3 Å². The van der Waals surface area contributed by atoms with Gasteiger partial charge in [0.25, 0.3) is 0 Å². The number of nitrogens with one attached hydrogen (secondary N) is 1. The fraction of sp³-hybridized carbons (Fsp3) is 0.500. The number of rotatable bonds is 7. The van der Waals surface area contributed by atoms with Crippen molar-refractivity contribution < 1.29 is 35.8 Å². The van der Waals surface area contributed by atoms with Crippen LogP contribution in [0.2, 0.25) is 0 Å². The summed E-state index contributed by atoms with van der Waals surface area (Å²) in [5, 5.41) is 0. The topological polar surface area (TPSA) is 73.9 Å². The molecule has 0 aliphatic heterocycles. The minimum absolute atomic E-state index is 0.634. The molecule has 1 unspecified atom stereocenters. The van der Waals surface area contributed by atoms with E-state index in [-0.39, 0.29) is 0 Å². The van der Waals surface area contributed by atoms with Crippen LogP contribution in [0.25, 0.3) is 0 Å². The molecule has 0 amide bonds. The first kappa shape index (κ1) is 18.7. The van der Waals surface area contributed by atoms with Gasteiger partial charge >= 0.3 is 6.36 Å². The van der Waals surface area contributed by atoms with E-state index < -0.39 is 39.4 Å². The molecule has 10 heteroatoms. The number of hydrogen-bond donors (Lipinski definition) is 1. The van der Waals surface area contributed by atoms with Gasteiger partial charge in [-0.25, -0.2) is 13.1 Å². The first-order chi connectivity index (χ1) is 10.1. The molecule has 0 heterocycles. The highest BCUT2D eigenvalue weighted by molar-refractivity contribution is 7.89. The maximum absolute atomic E-state index is 12.3. The summed E-state index contributed by atoms with van der Waals surface area (Å²) in [6, 6.07) is 3.60. The third kappa shape index (κ3) is 5.13. The summed E-state index contributed by atoms with van der Waals surface area (Å²) < 4.78 is 77.1. The average molecular weight is 343 g/mol. The van der Waals surface area contributed by atoms with Crippen molar-refractivity contribution in [2.75, 3.05) is 14.2 Å². The average Bonchev–Trinajstić information content (AvgIpc) is 2.38. The SMILES string of the molecule is COC(OC)C(C)NS(=O)(=O)c1ccccc1OC(F)(F)F. The van der Waals surface area contributed by atoms with Gasteiger partial charge in [0.15, 0.2) is 6.29 Å². The Morgan fingerprint density at radius 1 is 1.14 bits per heavy atom. The highest BCUT2D eigenvalue weighted by Gasteiger charge is 2.34. The molecule has 0 aliphatic rings. The van der Waals surface area contributed by atoms with Gasteiger partial charge in [0.05, 0.1) is 6.04 Å². The van der Waals surface area contributed by atoms with Crippen LogP contribution in [-0.2, 0) is 19.5 Å². The molecule has 6 nitrogen and oxygen atoms in total. The summed E-state index contributed by atoms with van der Waals surface area (Å²) >= 11 is 0. The van der Waals surface area contributed by atoms with E-state index in [1.54, 1.807) is 0 Å². The van der Waals surface area contributed by atoms with Crippen LogP contribution >= 0.6 is 0 Å². The van der Waals surface area contributed by atoms with E-state index in [0.717, 1.165) is 12.1 Å². The molecule has 22 heavy (non-hydrogen) atoms. The maximum Gasteiger partial charge on any atom is 0.573 e. The predicted molar refractivity (Wildman–Crippen MR) is 70.7 cm³/mol. The molecule has 0 saturated heterocycles. The van der Waals surface area contributed by atoms with Crippen molar-refractivity contribution in [3.63, 3.8) is 0 Å². The standard InChI is InChI=1S/C12H16F3NO5S/c1-8(11(19-2)20-3)16-22(17,18)10-7-5-4-6-9(10)21-12(13,14)15/h4-8,11,16H,1-3H3. The second-order valence-electron chi connectivity index (χ2n) is 4.24. The Bertz CT molecular complexity index is 587. The number of benzene rings is 1. The number of para-hydroxylation sites is 1. The smallest absolute Gasteiger partial charge is 0.404 e. The molecule has 0 saturated carbocycles. The number of hydrogen-bond acceptors (Lipinski definition) is 5. The minimum Gasteiger partial charge on any atom is -0.404 e. The number of methoxy groups -OCH3 is 2. The van der Waals surface area contributed by atoms with Crippen molar-refractivity contribution in [3.8, 4) is 5.75 Å². The highest BCUT2D eigenvalue weighted by Crippen LogP contribution is 2.29. The van der Waals surface area contributed by atoms with Gasteiger partial charge < -0.3 is 14.2 Å². The lowest BCUT2D eigenvalue weighted by atomic mass is 10.3. The fourth-order valence-electron chi connectivity index (χ4n) is 1.75. The zero-order chi connectivity index (χ0) is 17.0. The summed E-state index contributed by atoms with van der Waals surface area (Å²) in [5.41, 5.74) is 0. The molecule has 1 atom stereocenters. The number of alkyl halides is 3. The largest absolute Gasteiger partial charge is 0.573 e. The second-order valence-corrected chi connectivity index (χ2v) is 5.93. The third-order valence-corrected chi connectivity index (χ3v) is 4.18. The minimum atomic E-state index is -5.00. The van der Waals surface area contributed by atoms with Gasteiger partial charge in [-0.2, -0.15) is 0 Å². The molecule has 0 spiro atoms. The van der Waals surface area contributed by atoms with Crippen molar-refractivity contribution in [2.24, 2.45) is 0 Å². The molecule has 0 bridgehead atoms. The monoisotopic (exact) mass is 343 g/mol. The normalized spacial score (nSPS) is 14.1. The van der Waals surface area contributed by atoms with Crippen molar-refractivity contribution in [1.82, 2.24) is 4.72 Å². The molecule has 1 aromatic rings. The van der Waals surface area contributed by atoms with Crippen molar-refractivity contribution in [1.29, 1.82) is 0 Å². The van der Waals surface area contributed by atoms with Gasteiger partial charge in [0.2, 0.25) is 10.0 Å². The summed E-state index contributed by atoms with van der Waals surface area (Å²) in [6.07, 6.45) is -5.90. The zero-order valence-electron chi connectivity index (χ0n) is 12.0. The van der Waals surface area contributed by atoms with Gasteiger partial charge in [-0.3, -0.25) is 0 Å². The molecule has 1 rings (SSSR count). The molecule has 0 aliphatic carbocycles. The molecular weight excluding hydrogens is 327 g/mol. The van der Waals surface area contributed by atoms with Gasteiger partial charge in [-0.15, -0.1) is 13.2 Å². The van der Waals surface area contributed by atoms with E-state index in [9.17, 15) is 21.6 Å². The Labute approximate surface area is 126 Å². The molecule has 0 fully saturated rings. The molecule has 1 N–H and O–H groups in total. The van der Waals surface area contributed by atoms with Gasteiger partial charge in [0, 0.05) is 14.2 Å². The lowest BCUT2D eigenvalue weighted by Crippen LogP contribution is -2.43. The van der Waals surface area contributed by atoms with Crippen molar-refractivity contribution >= 4 is 10.0 Å². The lowest BCUT2D eigenvalue weighted by molar-refractivity contribution is -0.275. The summed E-state index contributed by atoms with van der Waals surface area (Å²) in [6.45, 7) is 1.45. The van der Waals surface area contributed by atoms with Crippen LogP contribution in [0, 0.1) is 0 Å². The highest BCUT2D eigenvalue weighted by atomic mass is 32.2. The first-order valence-electron chi connectivity index (χ1n) is 6.03. The quantitative estimate of drug-likeness (QED) is 0.765. The van der Waals surface area contributed by atoms with Crippen LogP contribution in [0.15, 0.2) is 29.2 Å². The summed E-state index contributed by atoms with van der Waals surface area (Å²) in [7, 11) is -1.65. The van der Waals surface area contributed by atoms with Crippen LogP contribution < -0.4 is 9.46 Å². The van der Waals surface area contributed by atoms with Gasteiger partial charge in [-0.1, -0.05) is 12.1 Å². The maximum atomic E-state index is 12.3. The third-order valence-electron chi connectivity index (χ3n) is 2.58. The van der Waals surface area contributed by atoms with E-state index in [4.69, 9.17) is 9.47 Å². The second kappa shape index (κ2) is 7.27. The molecule has 0 radical (unpaired) electrons. The Morgan fingerprint density at radius 3 is 2.18 bits per heavy atom. The molecule has 126 valence electrons. The van der Waals surface area contributed by atoms with E-state index in [1.165, 1.54) is 33.3 Å². The van der Waals surface area contributed by atoms with E-state index in [0.29, 0.717) is 0 Å². The van der Waals surface area contributed by atoms with Crippen molar-refractivity contribution in [2.45, 2.75) is 30.5 Å². The Kier molecular flexibility index (Phi) is 6.17. The summed E-state index contributed by atoms with van der Waals surface area (Å²) in [5.74, 6) is -0.818. The Hall–Kier alpha value is -1.36. The van der Waals surface area contributed by atoms with Crippen LogP contribution in [0.1, 0.15) is 6.92 Å². The molecule has 0 aromatic heterocycles. The van der Waals surface area contributed by atoms with Crippen LogP contribution in [0.5, 0.6) is 5.75 Å². The Morgan fingerprint density at radius 2 is 1.68 bits per heavy atom. The first-order valence-corrected chi connectivity index (χ1v) is 7.51. The number of sulfonamides is 1. The van der Waals surface area contributed by atoms with E-state index in [1.807, 2.05) is 0 Å². The van der Waals surface area contributed by atoms with Crippen LogP contribution in [0.4, 0.5) is 13.2 Å². The molecular formula is C12H16F3NO5S. The predicted octanol–water partition coefficient (Wildman–Crippen LogP) is 1.87. The Balaban J connectivity index is 3.08. The summed E-state index contributed by atoms with van der Waals surface area (Å²) in [4.78, 5) is -0.634. The van der Waals surface area contributed by atoms with Crippen LogP contribution in [0.3, 0.4) is 0 Å². The fourth-order valence-corrected chi connectivity index (χ4v) is 3.11. The zero-order valence-corrected chi connectivity index (χ0v) is 12.9.